The Hall–Kier alpha value is -0.170. The molecule has 62 valence electrons. The molecular weight excluding hydrogens is 158 g/mol. The van der Waals surface area contributed by atoms with Gasteiger partial charge in [-0.05, 0) is 6.92 Å². The minimum absolute atomic E-state index is 0.153. The second-order valence-electron chi connectivity index (χ2n) is 1.83. The highest BCUT2D eigenvalue weighted by Crippen LogP contribution is 1.90. The van der Waals surface area contributed by atoms with Gasteiger partial charge in [0.1, 0.15) is 5.37 Å². The molecule has 0 aliphatic heterocycles. The Morgan fingerprint density at radius 1 is 1.60 bits per heavy atom. The second-order valence-corrected chi connectivity index (χ2v) is 3.57. The van der Waals surface area contributed by atoms with Crippen LogP contribution in [0.3, 0.4) is 0 Å². The first-order valence-electron chi connectivity index (χ1n) is 2.79. The van der Waals surface area contributed by atoms with Gasteiger partial charge in [0.15, 0.2) is 0 Å². The third-order valence-corrected chi connectivity index (χ3v) is 2.05. The Morgan fingerprint density at radius 3 is 2.40 bits per heavy atom. The van der Waals surface area contributed by atoms with E-state index in [9.17, 15) is 8.42 Å². The zero-order valence-corrected chi connectivity index (χ0v) is 6.43. The fourth-order valence-corrected chi connectivity index (χ4v) is 0.702. The van der Waals surface area contributed by atoms with Crippen LogP contribution in [-0.2, 0) is 10.1 Å². The van der Waals surface area contributed by atoms with Crippen LogP contribution in [0.5, 0.6) is 0 Å². The molecule has 0 saturated heterocycles. The fourth-order valence-electron chi connectivity index (χ4n) is 0.373. The van der Waals surface area contributed by atoms with Crippen LogP contribution in [0.15, 0.2) is 0 Å². The van der Waals surface area contributed by atoms with Crippen LogP contribution in [0, 0.1) is 0 Å². The van der Waals surface area contributed by atoms with Gasteiger partial charge in [0.05, 0.1) is 6.61 Å². The zero-order chi connectivity index (χ0) is 8.20. The van der Waals surface area contributed by atoms with Crippen molar-refractivity contribution >= 4 is 10.1 Å². The molecule has 0 aliphatic carbocycles. The molecule has 0 heterocycles. The average Bonchev–Trinajstić information content (AvgIpc) is 1.80. The maximum atomic E-state index is 10.2. The molecular formula is C4H11NO4S. The van der Waals surface area contributed by atoms with Gasteiger partial charge in [-0.2, -0.15) is 8.42 Å². The molecule has 0 saturated carbocycles. The van der Waals surface area contributed by atoms with Crippen molar-refractivity contribution < 1.29 is 18.1 Å². The van der Waals surface area contributed by atoms with Gasteiger partial charge >= 0.3 is 0 Å². The molecule has 0 aromatic carbocycles. The number of rotatable bonds is 4. The number of nitrogens with one attached hydrogen (secondary N) is 1. The predicted molar refractivity (Wildman–Crippen MR) is 36.1 cm³/mol. The lowest BCUT2D eigenvalue weighted by molar-refractivity contribution is 0.290. The monoisotopic (exact) mass is 169 g/mol. The number of hydrogen-bond donors (Lipinski definition) is 3. The standard InChI is InChI=1S/C4H11NO4S/c1-4(5-2-3-6)10(7,8)9/h4-6H,2-3H2,1H3,(H,7,8,9). The Bertz CT molecular complexity index is 176. The topological polar surface area (TPSA) is 86.6 Å². The Labute approximate surface area is 59.8 Å². The van der Waals surface area contributed by atoms with Gasteiger partial charge in [0, 0.05) is 6.54 Å². The fraction of sp³-hybridized carbons (Fsp3) is 1.00. The summed E-state index contributed by atoms with van der Waals surface area (Å²) in [6.07, 6.45) is 0. The largest absolute Gasteiger partial charge is 0.395 e. The molecule has 0 amide bonds. The Kier molecular flexibility index (Phi) is 3.80. The second kappa shape index (κ2) is 3.87. The summed E-state index contributed by atoms with van der Waals surface area (Å²) in [7, 11) is -4.00. The van der Waals surface area contributed by atoms with E-state index in [2.05, 4.69) is 5.32 Å². The minimum atomic E-state index is -4.00. The van der Waals surface area contributed by atoms with Crippen molar-refractivity contribution in [3.8, 4) is 0 Å². The lowest BCUT2D eigenvalue weighted by atomic mass is 10.6. The SMILES string of the molecule is CC(NCCO)S(=O)(=O)O. The highest BCUT2D eigenvalue weighted by atomic mass is 32.2. The summed E-state index contributed by atoms with van der Waals surface area (Å²) in [6.45, 7) is 1.30. The molecule has 0 radical (unpaired) electrons. The van der Waals surface area contributed by atoms with Crippen molar-refractivity contribution in [2.24, 2.45) is 0 Å². The van der Waals surface area contributed by atoms with Crippen LogP contribution in [0.1, 0.15) is 6.92 Å². The predicted octanol–water partition coefficient (Wildman–Crippen LogP) is -1.20. The summed E-state index contributed by atoms with van der Waals surface area (Å²) in [5.41, 5.74) is 0. The summed E-state index contributed by atoms with van der Waals surface area (Å²) in [5.74, 6) is 0. The van der Waals surface area contributed by atoms with Gasteiger partial charge in [-0.3, -0.25) is 9.87 Å². The minimum Gasteiger partial charge on any atom is -0.395 e. The molecule has 0 aliphatic rings. The van der Waals surface area contributed by atoms with E-state index in [-0.39, 0.29) is 13.2 Å². The molecule has 10 heavy (non-hydrogen) atoms. The maximum Gasteiger partial charge on any atom is 0.280 e. The van der Waals surface area contributed by atoms with Crippen LogP contribution in [-0.4, -0.2) is 36.6 Å². The first-order valence-corrected chi connectivity index (χ1v) is 4.29. The van der Waals surface area contributed by atoms with Crippen LogP contribution in [0.25, 0.3) is 0 Å². The number of aliphatic hydroxyl groups excluding tert-OH is 1. The van der Waals surface area contributed by atoms with Crippen LogP contribution in [0.2, 0.25) is 0 Å². The summed E-state index contributed by atoms with van der Waals surface area (Å²) in [6, 6.07) is 0. The summed E-state index contributed by atoms with van der Waals surface area (Å²) >= 11 is 0. The molecule has 0 spiro atoms. The van der Waals surface area contributed by atoms with E-state index in [0.717, 1.165) is 0 Å². The summed E-state index contributed by atoms with van der Waals surface area (Å²) < 4.78 is 28.8. The Morgan fingerprint density at radius 2 is 2.10 bits per heavy atom. The summed E-state index contributed by atoms with van der Waals surface area (Å²) in [5, 5.41) is 9.61. The number of hydrogen-bond acceptors (Lipinski definition) is 4. The Balaban J connectivity index is 3.75. The smallest absolute Gasteiger partial charge is 0.280 e. The quantitative estimate of drug-likeness (QED) is 0.460. The number of aliphatic hydroxyl groups is 1. The van der Waals surface area contributed by atoms with Crippen molar-refractivity contribution in [3.63, 3.8) is 0 Å². The first-order chi connectivity index (χ1) is 4.48. The van der Waals surface area contributed by atoms with Crippen molar-refractivity contribution in [2.45, 2.75) is 12.3 Å². The van der Waals surface area contributed by atoms with E-state index in [0.29, 0.717) is 0 Å². The van der Waals surface area contributed by atoms with Crippen LogP contribution < -0.4 is 5.32 Å². The van der Waals surface area contributed by atoms with Crippen molar-refractivity contribution in [1.29, 1.82) is 0 Å². The first kappa shape index (κ1) is 9.83. The third-order valence-electron chi connectivity index (χ3n) is 0.990. The average molecular weight is 169 g/mol. The molecule has 1 atom stereocenters. The van der Waals surface area contributed by atoms with E-state index >= 15 is 0 Å². The van der Waals surface area contributed by atoms with Gasteiger partial charge < -0.3 is 5.11 Å². The van der Waals surface area contributed by atoms with E-state index in [1.165, 1.54) is 6.92 Å². The van der Waals surface area contributed by atoms with Crippen molar-refractivity contribution in [3.05, 3.63) is 0 Å². The summed E-state index contributed by atoms with van der Waals surface area (Å²) in [4.78, 5) is 0. The van der Waals surface area contributed by atoms with E-state index in [1.54, 1.807) is 0 Å². The van der Waals surface area contributed by atoms with E-state index in [1.807, 2.05) is 0 Å². The van der Waals surface area contributed by atoms with Crippen molar-refractivity contribution in [2.75, 3.05) is 13.2 Å². The highest BCUT2D eigenvalue weighted by Gasteiger charge is 2.14. The van der Waals surface area contributed by atoms with E-state index in [4.69, 9.17) is 9.66 Å². The highest BCUT2D eigenvalue weighted by molar-refractivity contribution is 7.86. The van der Waals surface area contributed by atoms with E-state index < -0.39 is 15.5 Å². The van der Waals surface area contributed by atoms with Gasteiger partial charge in [0.25, 0.3) is 10.1 Å². The molecule has 0 rings (SSSR count). The molecule has 0 aromatic heterocycles. The van der Waals surface area contributed by atoms with Gasteiger partial charge in [-0.15, -0.1) is 0 Å². The van der Waals surface area contributed by atoms with Gasteiger partial charge in [0.2, 0.25) is 0 Å². The lowest BCUT2D eigenvalue weighted by Gasteiger charge is -2.07. The molecule has 6 heteroatoms. The maximum absolute atomic E-state index is 10.2. The van der Waals surface area contributed by atoms with Gasteiger partial charge in [-0.25, -0.2) is 0 Å². The molecule has 0 fully saturated rings. The molecule has 1 unspecified atom stereocenters. The molecule has 0 bridgehead atoms. The lowest BCUT2D eigenvalue weighted by Crippen LogP contribution is -2.35. The third kappa shape index (κ3) is 3.78. The normalized spacial score (nSPS) is 15.1. The van der Waals surface area contributed by atoms with Gasteiger partial charge in [-0.1, -0.05) is 0 Å². The zero-order valence-electron chi connectivity index (χ0n) is 5.61. The molecule has 0 aromatic rings. The van der Waals surface area contributed by atoms with Crippen LogP contribution in [0.4, 0.5) is 0 Å². The van der Waals surface area contributed by atoms with Crippen molar-refractivity contribution in [1.82, 2.24) is 5.32 Å². The molecule has 5 nitrogen and oxygen atoms in total. The molecule has 3 N–H and O–H groups in total. The van der Waals surface area contributed by atoms with Crippen LogP contribution >= 0.6 is 0 Å².